The van der Waals surface area contributed by atoms with E-state index in [4.69, 9.17) is 10.6 Å². The molecule has 1 aromatic heterocycles. The van der Waals surface area contributed by atoms with Crippen molar-refractivity contribution in [1.82, 2.24) is 9.97 Å². The van der Waals surface area contributed by atoms with E-state index in [9.17, 15) is 0 Å². The molecule has 102 valence electrons. The maximum Gasteiger partial charge on any atom is 0.191 e. The molecule has 1 heterocycles. The lowest BCUT2D eigenvalue weighted by Gasteiger charge is -2.22. The molecule has 3 N–H and O–H groups in total. The van der Waals surface area contributed by atoms with E-state index in [1.807, 2.05) is 19.2 Å². The van der Waals surface area contributed by atoms with Crippen molar-refractivity contribution < 1.29 is 4.74 Å². The number of hydrazine groups is 1. The van der Waals surface area contributed by atoms with E-state index in [0.29, 0.717) is 17.6 Å². The van der Waals surface area contributed by atoms with Crippen molar-refractivity contribution in [3.05, 3.63) is 6.07 Å². The van der Waals surface area contributed by atoms with Gasteiger partial charge in [-0.25, -0.2) is 15.8 Å². The van der Waals surface area contributed by atoms with Gasteiger partial charge < -0.3 is 15.1 Å². The first-order chi connectivity index (χ1) is 8.74. The second kappa shape index (κ2) is 8.12. The Bertz CT molecular complexity index is 341. The van der Waals surface area contributed by atoms with Crippen LogP contribution in [-0.4, -0.2) is 42.5 Å². The molecule has 0 atom stereocenters. The Morgan fingerprint density at radius 1 is 1.44 bits per heavy atom. The molecule has 0 radical (unpaired) electrons. The summed E-state index contributed by atoms with van der Waals surface area (Å²) >= 11 is 1.49. The van der Waals surface area contributed by atoms with E-state index >= 15 is 0 Å². The number of anilines is 2. The van der Waals surface area contributed by atoms with E-state index < -0.39 is 0 Å². The zero-order chi connectivity index (χ0) is 13.4. The number of nitrogen functional groups attached to an aromatic ring is 1. The highest BCUT2D eigenvalue weighted by Crippen LogP contribution is 2.19. The fourth-order valence-electron chi connectivity index (χ4n) is 1.49. The van der Waals surface area contributed by atoms with Gasteiger partial charge in [-0.05, 0) is 20.1 Å². The molecule has 0 saturated carbocycles. The van der Waals surface area contributed by atoms with Crippen molar-refractivity contribution in [2.45, 2.75) is 19.0 Å². The molecule has 0 fully saturated rings. The van der Waals surface area contributed by atoms with Crippen molar-refractivity contribution in [2.75, 3.05) is 42.9 Å². The average Bonchev–Trinajstić information content (AvgIpc) is 2.43. The summed E-state index contributed by atoms with van der Waals surface area (Å²) < 4.78 is 5.37. The van der Waals surface area contributed by atoms with Crippen LogP contribution in [0.2, 0.25) is 0 Å². The molecule has 6 nitrogen and oxygen atoms in total. The van der Waals surface area contributed by atoms with Crippen LogP contribution >= 0.6 is 11.8 Å². The minimum absolute atomic E-state index is 0.624. The van der Waals surface area contributed by atoms with Crippen molar-refractivity contribution in [3.63, 3.8) is 0 Å². The number of hydrogen-bond acceptors (Lipinski definition) is 7. The molecule has 7 heteroatoms. The predicted molar refractivity (Wildman–Crippen MR) is 76.0 cm³/mol. The van der Waals surface area contributed by atoms with Crippen molar-refractivity contribution in [2.24, 2.45) is 5.84 Å². The molecule has 0 amide bonds. The van der Waals surface area contributed by atoms with Gasteiger partial charge in [-0.2, -0.15) is 0 Å². The Hall–Kier alpha value is -1.05. The van der Waals surface area contributed by atoms with E-state index in [2.05, 4.69) is 27.2 Å². The standard InChI is InChI=1S/C11H21N5OS/c1-4-16(6-7-17-5-2)10-8-9(15-12)13-11(14-10)18-3/h8H,4-7,12H2,1-3H3,(H,13,14,15). The first-order valence-corrected chi connectivity index (χ1v) is 7.20. The number of likely N-dealkylation sites (N-methyl/N-ethyl adjacent to an activating group) is 1. The summed E-state index contributed by atoms with van der Waals surface area (Å²) in [7, 11) is 0. The summed E-state index contributed by atoms with van der Waals surface area (Å²) in [5, 5.41) is 0.704. The number of nitrogens with two attached hydrogens (primary N) is 1. The Labute approximate surface area is 112 Å². The first-order valence-electron chi connectivity index (χ1n) is 5.97. The molecule has 0 aliphatic carbocycles. The molecule has 0 saturated heterocycles. The van der Waals surface area contributed by atoms with Crippen LogP contribution in [0, 0.1) is 0 Å². The summed E-state index contributed by atoms with van der Waals surface area (Å²) in [6.07, 6.45) is 1.94. The van der Waals surface area contributed by atoms with Gasteiger partial charge in [-0.3, -0.25) is 0 Å². The summed E-state index contributed by atoms with van der Waals surface area (Å²) in [6.45, 7) is 7.16. The SMILES string of the molecule is CCOCCN(CC)c1cc(NN)nc(SC)n1. The molecule has 1 aromatic rings. The number of hydrogen-bond donors (Lipinski definition) is 2. The summed E-state index contributed by atoms with van der Waals surface area (Å²) in [5.74, 6) is 6.90. The number of ether oxygens (including phenoxy) is 1. The first kappa shape index (κ1) is 15.0. The quantitative estimate of drug-likeness (QED) is 0.243. The molecule has 1 rings (SSSR count). The highest BCUT2D eigenvalue weighted by Gasteiger charge is 2.09. The van der Waals surface area contributed by atoms with E-state index in [1.54, 1.807) is 0 Å². The van der Waals surface area contributed by atoms with Gasteiger partial charge in [-0.15, -0.1) is 0 Å². The molecular weight excluding hydrogens is 250 g/mol. The van der Waals surface area contributed by atoms with Gasteiger partial charge >= 0.3 is 0 Å². The van der Waals surface area contributed by atoms with Gasteiger partial charge in [0, 0.05) is 25.8 Å². The Kier molecular flexibility index (Phi) is 6.77. The molecule has 0 bridgehead atoms. The fraction of sp³-hybridized carbons (Fsp3) is 0.636. The van der Waals surface area contributed by atoms with E-state index in [-0.39, 0.29) is 0 Å². The van der Waals surface area contributed by atoms with Gasteiger partial charge in [0.25, 0.3) is 0 Å². The van der Waals surface area contributed by atoms with Crippen molar-refractivity contribution in [3.8, 4) is 0 Å². The van der Waals surface area contributed by atoms with Crippen LogP contribution in [0.25, 0.3) is 0 Å². The summed E-state index contributed by atoms with van der Waals surface area (Å²) in [5.41, 5.74) is 2.57. The number of aromatic nitrogens is 2. The third-order valence-electron chi connectivity index (χ3n) is 2.44. The second-order valence-electron chi connectivity index (χ2n) is 3.52. The number of thioether (sulfide) groups is 1. The zero-order valence-corrected chi connectivity index (χ0v) is 12.0. The number of nitrogens with one attached hydrogen (secondary N) is 1. The van der Waals surface area contributed by atoms with Crippen LogP contribution in [0.4, 0.5) is 11.6 Å². The fourth-order valence-corrected chi connectivity index (χ4v) is 1.87. The largest absolute Gasteiger partial charge is 0.380 e. The van der Waals surface area contributed by atoms with Crippen molar-refractivity contribution in [1.29, 1.82) is 0 Å². The van der Waals surface area contributed by atoms with E-state index in [1.165, 1.54) is 11.8 Å². The minimum Gasteiger partial charge on any atom is -0.380 e. The van der Waals surface area contributed by atoms with Gasteiger partial charge in [0.15, 0.2) is 5.16 Å². The van der Waals surface area contributed by atoms with Gasteiger partial charge in [-0.1, -0.05) is 11.8 Å². The number of nitrogens with zero attached hydrogens (tertiary/aromatic N) is 3. The van der Waals surface area contributed by atoms with Crippen LogP contribution in [0.15, 0.2) is 11.2 Å². The van der Waals surface area contributed by atoms with E-state index in [0.717, 1.165) is 25.5 Å². The molecular formula is C11H21N5OS. The van der Waals surface area contributed by atoms with Crippen LogP contribution in [-0.2, 0) is 4.74 Å². The van der Waals surface area contributed by atoms with Gasteiger partial charge in [0.1, 0.15) is 11.6 Å². The summed E-state index contributed by atoms with van der Waals surface area (Å²) in [4.78, 5) is 10.9. The topological polar surface area (TPSA) is 76.3 Å². The lowest BCUT2D eigenvalue weighted by atomic mass is 10.4. The Balaban J connectivity index is 2.83. The minimum atomic E-state index is 0.624. The van der Waals surface area contributed by atoms with Crippen molar-refractivity contribution >= 4 is 23.4 Å². The number of rotatable bonds is 8. The van der Waals surface area contributed by atoms with Crippen LogP contribution in [0.1, 0.15) is 13.8 Å². The van der Waals surface area contributed by atoms with Crippen LogP contribution in [0.5, 0.6) is 0 Å². The predicted octanol–water partition coefficient (Wildman–Crippen LogP) is 1.35. The second-order valence-corrected chi connectivity index (χ2v) is 4.29. The lowest BCUT2D eigenvalue weighted by Crippen LogP contribution is -2.28. The lowest BCUT2D eigenvalue weighted by molar-refractivity contribution is 0.154. The Morgan fingerprint density at radius 2 is 2.22 bits per heavy atom. The van der Waals surface area contributed by atoms with Gasteiger partial charge in [0.2, 0.25) is 0 Å². The molecule has 0 aliphatic heterocycles. The molecule has 18 heavy (non-hydrogen) atoms. The molecule has 0 spiro atoms. The Morgan fingerprint density at radius 3 is 2.78 bits per heavy atom. The van der Waals surface area contributed by atoms with Gasteiger partial charge in [0.05, 0.1) is 6.61 Å². The maximum atomic E-state index is 5.41. The highest BCUT2D eigenvalue weighted by molar-refractivity contribution is 7.98. The molecule has 0 aromatic carbocycles. The molecule has 0 aliphatic rings. The van der Waals surface area contributed by atoms with Crippen LogP contribution in [0.3, 0.4) is 0 Å². The maximum absolute atomic E-state index is 5.41. The zero-order valence-electron chi connectivity index (χ0n) is 11.1. The smallest absolute Gasteiger partial charge is 0.191 e. The monoisotopic (exact) mass is 271 g/mol. The van der Waals surface area contributed by atoms with Crippen LogP contribution < -0.4 is 16.2 Å². The third-order valence-corrected chi connectivity index (χ3v) is 2.99. The third kappa shape index (κ3) is 4.32. The normalized spacial score (nSPS) is 10.4. The average molecular weight is 271 g/mol. The summed E-state index contributed by atoms with van der Waals surface area (Å²) in [6, 6.07) is 1.84. The molecule has 0 unspecified atom stereocenters. The highest BCUT2D eigenvalue weighted by atomic mass is 32.2.